The second-order valence-corrected chi connectivity index (χ2v) is 9.61. The fourth-order valence-corrected chi connectivity index (χ4v) is 4.86. The van der Waals surface area contributed by atoms with Crippen LogP contribution in [0.3, 0.4) is 0 Å². The zero-order valence-electron chi connectivity index (χ0n) is 17.3. The van der Waals surface area contributed by atoms with Crippen molar-refractivity contribution in [2.45, 2.75) is 50.3 Å². The summed E-state index contributed by atoms with van der Waals surface area (Å²) in [7, 11) is 0. The van der Waals surface area contributed by atoms with E-state index < -0.39 is 0 Å². The number of nitrogens with one attached hydrogen (secondary N) is 1. The largest absolute Gasteiger partial charge is 0.353 e. The lowest BCUT2D eigenvalue weighted by Crippen LogP contribution is -2.45. The molecule has 1 aliphatic heterocycles. The number of carbonyl (C=O) groups is 2. The van der Waals surface area contributed by atoms with E-state index in [1.807, 2.05) is 47.0 Å². The lowest BCUT2D eigenvalue weighted by molar-refractivity contribution is -0.127. The van der Waals surface area contributed by atoms with Gasteiger partial charge in [-0.15, -0.1) is 23.1 Å². The van der Waals surface area contributed by atoms with Gasteiger partial charge < -0.3 is 10.2 Å². The topological polar surface area (TPSA) is 62.3 Å². The van der Waals surface area contributed by atoms with Crippen LogP contribution in [0.4, 0.5) is 0 Å². The Morgan fingerprint density at radius 2 is 1.97 bits per heavy atom. The summed E-state index contributed by atoms with van der Waals surface area (Å²) in [5.41, 5.74) is 3.60. The summed E-state index contributed by atoms with van der Waals surface area (Å²) in [6.45, 7) is 7.50. The van der Waals surface area contributed by atoms with Crippen molar-refractivity contribution in [1.29, 1.82) is 0 Å². The standard InChI is InChI=1S/C22H29N3O2S2/c1-15(2)16(3)24-21(26)17-8-10-25(11-9-17)22(27)19-6-4-5-7-20(19)29-13-18-12-28-14-23-18/h4-7,12,14-17H,8-11,13H2,1-3H3,(H,24,26). The number of nitrogens with zero attached hydrogens (tertiary/aromatic N) is 2. The third-order valence-electron chi connectivity index (χ3n) is 5.50. The van der Waals surface area contributed by atoms with Gasteiger partial charge in [0.05, 0.1) is 16.8 Å². The first-order valence-corrected chi connectivity index (χ1v) is 12.1. The molecule has 0 radical (unpaired) electrons. The number of hydrogen-bond acceptors (Lipinski definition) is 5. The molecule has 1 aliphatic rings. The highest BCUT2D eigenvalue weighted by atomic mass is 32.2. The predicted octanol–water partition coefficient (Wildman–Crippen LogP) is 4.45. The first-order valence-electron chi connectivity index (χ1n) is 10.1. The summed E-state index contributed by atoms with van der Waals surface area (Å²) in [5.74, 6) is 1.34. The Morgan fingerprint density at radius 3 is 2.62 bits per heavy atom. The fraction of sp³-hybridized carbons (Fsp3) is 0.500. The Labute approximate surface area is 181 Å². The van der Waals surface area contributed by atoms with Crippen LogP contribution in [0.1, 0.15) is 49.7 Å². The first kappa shape index (κ1) is 21.8. The molecule has 1 atom stereocenters. The third-order valence-corrected chi connectivity index (χ3v) is 7.24. The molecule has 29 heavy (non-hydrogen) atoms. The lowest BCUT2D eigenvalue weighted by atomic mass is 9.94. The van der Waals surface area contributed by atoms with E-state index in [9.17, 15) is 9.59 Å². The summed E-state index contributed by atoms with van der Waals surface area (Å²) in [5, 5.41) is 5.15. The summed E-state index contributed by atoms with van der Waals surface area (Å²) >= 11 is 3.23. The van der Waals surface area contributed by atoms with E-state index >= 15 is 0 Å². The van der Waals surface area contributed by atoms with E-state index in [0.29, 0.717) is 19.0 Å². The van der Waals surface area contributed by atoms with Crippen LogP contribution in [-0.4, -0.2) is 40.8 Å². The van der Waals surface area contributed by atoms with Gasteiger partial charge in [-0.3, -0.25) is 9.59 Å². The van der Waals surface area contributed by atoms with Gasteiger partial charge >= 0.3 is 0 Å². The highest BCUT2D eigenvalue weighted by Crippen LogP contribution is 2.28. The van der Waals surface area contributed by atoms with Crippen molar-refractivity contribution in [2.75, 3.05) is 13.1 Å². The summed E-state index contributed by atoms with van der Waals surface area (Å²) < 4.78 is 0. The van der Waals surface area contributed by atoms with Crippen LogP contribution in [0, 0.1) is 11.8 Å². The minimum absolute atomic E-state index is 0.00506. The van der Waals surface area contributed by atoms with E-state index in [-0.39, 0.29) is 23.8 Å². The van der Waals surface area contributed by atoms with Gasteiger partial charge in [0, 0.05) is 41.1 Å². The quantitative estimate of drug-likeness (QED) is 0.658. The molecular weight excluding hydrogens is 402 g/mol. The normalized spacial score (nSPS) is 16.1. The van der Waals surface area contributed by atoms with Crippen molar-refractivity contribution in [1.82, 2.24) is 15.2 Å². The molecule has 2 heterocycles. The minimum Gasteiger partial charge on any atom is -0.353 e. The average Bonchev–Trinajstić information content (AvgIpc) is 3.25. The van der Waals surface area contributed by atoms with Crippen molar-refractivity contribution < 1.29 is 9.59 Å². The Hall–Kier alpha value is -1.86. The van der Waals surface area contributed by atoms with Crippen molar-refractivity contribution in [3.8, 4) is 0 Å². The number of hydrogen-bond donors (Lipinski definition) is 1. The Bertz CT molecular complexity index is 815. The molecular formula is C22H29N3O2S2. The van der Waals surface area contributed by atoms with Crippen LogP contribution in [-0.2, 0) is 10.5 Å². The Morgan fingerprint density at radius 1 is 1.24 bits per heavy atom. The molecule has 2 amide bonds. The molecule has 2 aromatic rings. The fourth-order valence-electron chi connectivity index (χ4n) is 3.25. The second kappa shape index (κ2) is 10.3. The molecule has 1 unspecified atom stereocenters. The Balaban J connectivity index is 1.57. The number of benzene rings is 1. The van der Waals surface area contributed by atoms with Crippen LogP contribution in [0.15, 0.2) is 40.1 Å². The predicted molar refractivity (Wildman–Crippen MR) is 119 cm³/mol. The number of aromatic nitrogens is 1. The van der Waals surface area contributed by atoms with E-state index in [1.54, 1.807) is 23.1 Å². The minimum atomic E-state index is -0.00506. The molecule has 7 heteroatoms. The van der Waals surface area contributed by atoms with E-state index in [0.717, 1.165) is 34.7 Å². The smallest absolute Gasteiger partial charge is 0.254 e. The summed E-state index contributed by atoms with van der Waals surface area (Å²) in [6, 6.07) is 7.94. The molecule has 0 saturated carbocycles. The molecule has 1 aromatic heterocycles. The monoisotopic (exact) mass is 431 g/mol. The maximum Gasteiger partial charge on any atom is 0.254 e. The van der Waals surface area contributed by atoms with Crippen LogP contribution in [0.2, 0.25) is 0 Å². The third kappa shape index (κ3) is 5.82. The van der Waals surface area contributed by atoms with E-state index in [2.05, 4.69) is 24.1 Å². The van der Waals surface area contributed by atoms with E-state index in [4.69, 9.17) is 0 Å². The van der Waals surface area contributed by atoms with Crippen LogP contribution in [0.25, 0.3) is 0 Å². The van der Waals surface area contributed by atoms with Gasteiger partial charge in [0.25, 0.3) is 5.91 Å². The highest BCUT2D eigenvalue weighted by Gasteiger charge is 2.29. The Kier molecular flexibility index (Phi) is 7.72. The van der Waals surface area contributed by atoms with Crippen molar-refractivity contribution in [3.05, 3.63) is 46.4 Å². The number of thioether (sulfide) groups is 1. The molecule has 1 fully saturated rings. The van der Waals surface area contributed by atoms with Gasteiger partial charge in [-0.1, -0.05) is 26.0 Å². The number of carbonyl (C=O) groups excluding carboxylic acids is 2. The highest BCUT2D eigenvalue weighted by molar-refractivity contribution is 7.98. The number of amides is 2. The summed E-state index contributed by atoms with van der Waals surface area (Å²) in [4.78, 5) is 32.8. The number of rotatable bonds is 7. The van der Waals surface area contributed by atoms with Gasteiger partial charge in [0.2, 0.25) is 5.91 Å². The molecule has 3 rings (SSSR count). The zero-order valence-corrected chi connectivity index (χ0v) is 18.9. The maximum atomic E-state index is 13.1. The second-order valence-electron chi connectivity index (χ2n) is 7.87. The average molecular weight is 432 g/mol. The molecule has 1 saturated heterocycles. The molecule has 156 valence electrons. The van der Waals surface area contributed by atoms with Crippen LogP contribution in [0.5, 0.6) is 0 Å². The number of thiazole rings is 1. The molecule has 1 aromatic carbocycles. The molecule has 0 spiro atoms. The first-order chi connectivity index (χ1) is 14.0. The summed E-state index contributed by atoms with van der Waals surface area (Å²) in [6.07, 6.45) is 1.44. The SMILES string of the molecule is CC(C)C(C)NC(=O)C1CCN(C(=O)c2ccccc2SCc2cscn2)CC1. The van der Waals surface area contributed by atoms with Crippen molar-refractivity contribution >= 4 is 34.9 Å². The molecule has 5 nitrogen and oxygen atoms in total. The van der Waals surface area contributed by atoms with Crippen LogP contribution < -0.4 is 5.32 Å². The van der Waals surface area contributed by atoms with Crippen molar-refractivity contribution in [2.24, 2.45) is 11.8 Å². The van der Waals surface area contributed by atoms with Gasteiger partial charge in [0.15, 0.2) is 0 Å². The van der Waals surface area contributed by atoms with Gasteiger partial charge in [0.1, 0.15) is 0 Å². The molecule has 0 bridgehead atoms. The number of piperidine rings is 1. The van der Waals surface area contributed by atoms with Gasteiger partial charge in [-0.05, 0) is 37.8 Å². The van der Waals surface area contributed by atoms with Gasteiger partial charge in [-0.25, -0.2) is 4.98 Å². The zero-order chi connectivity index (χ0) is 20.8. The molecule has 1 N–H and O–H groups in total. The van der Waals surface area contributed by atoms with E-state index in [1.165, 1.54) is 0 Å². The number of likely N-dealkylation sites (tertiary alicyclic amines) is 1. The van der Waals surface area contributed by atoms with Crippen molar-refractivity contribution in [3.63, 3.8) is 0 Å². The lowest BCUT2D eigenvalue weighted by Gasteiger charge is -2.32. The molecule has 0 aliphatic carbocycles. The van der Waals surface area contributed by atoms with Crippen LogP contribution >= 0.6 is 23.1 Å². The maximum absolute atomic E-state index is 13.1. The van der Waals surface area contributed by atoms with Gasteiger partial charge in [-0.2, -0.15) is 0 Å².